The van der Waals surface area contributed by atoms with Gasteiger partial charge in [-0.25, -0.2) is 4.98 Å². The normalized spacial score (nSPS) is 10.5. The molecule has 0 aliphatic heterocycles. The van der Waals surface area contributed by atoms with E-state index in [0.29, 0.717) is 28.8 Å². The summed E-state index contributed by atoms with van der Waals surface area (Å²) in [7, 11) is 0. The molecule has 0 atom stereocenters. The van der Waals surface area contributed by atoms with Crippen LogP contribution >= 0.6 is 11.3 Å². The van der Waals surface area contributed by atoms with Gasteiger partial charge in [-0.15, -0.1) is 11.3 Å². The maximum absolute atomic E-state index is 12.2. The lowest BCUT2D eigenvalue weighted by Crippen LogP contribution is -2.20. The fourth-order valence-corrected chi connectivity index (χ4v) is 3.69. The molecule has 1 amide bonds. The molecule has 0 fully saturated rings. The van der Waals surface area contributed by atoms with Crippen molar-refractivity contribution in [2.45, 2.75) is 26.7 Å². The first-order valence-corrected chi connectivity index (χ1v) is 10.6. The topological polar surface area (TPSA) is 77.5 Å². The van der Waals surface area contributed by atoms with Gasteiger partial charge in [0.25, 0.3) is 5.91 Å². The molecule has 2 aromatic carbocycles. The number of thiazole rings is 1. The summed E-state index contributed by atoms with van der Waals surface area (Å²) in [5.41, 5.74) is 3.00. The van der Waals surface area contributed by atoms with E-state index in [1.807, 2.05) is 6.92 Å². The Morgan fingerprint density at radius 3 is 2.53 bits per heavy atom. The molecule has 1 heterocycles. The summed E-state index contributed by atoms with van der Waals surface area (Å²) in [6.07, 6.45) is 4.30. The van der Waals surface area contributed by atoms with E-state index in [9.17, 15) is 9.59 Å². The largest absolute Gasteiger partial charge is 0.490 e. The van der Waals surface area contributed by atoms with Crippen molar-refractivity contribution in [2.75, 3.05) is 18.5 Å². The smallest absolute Gasteiger partial charge is 0.264 e. The molecule has 1 aromatic heterocycles. The number of carbonyl (C=O) groups is 2. The third-order valence-electron chi connectivity index (χ3n) is 4.37. The Morgan fingerprint density at radius 2 is 1.83 bits per heavy atom. The number of nitrogens with zero attached hydrogens (tertiary/aromatic N) is 1. The Kier molecular flexibility index (Phi) is 7.57. The molecule has 0 radical (unpaired) electrons. The lowest BCUT2D eigenvalue weighted by Gasteiger charge is -2.11. The summed E-state index contributed by atoms with van der Waals surface area (Å²) in [6, 6.07) is 13.3. The number of hydrogen-bond acceptors (Lipinski definition) is 6. The van der Waals surface area contributed by atoms with Crippen LogP contribution in [0.5, 0.6) is 11.5 Å². The van der Waals surface area contributed by atoms with Crippen LogP contribution < -0.4 is 14.8 Å². The van der Waals surface area contributed by atoms with E-state index in [-0.39, 0.29) is 12.5 Å². The Bertz CT molecular complexity index is 999. The van der Waals surface area contributed by atoms with E-state index >= 15 is 0 Å². The molecule has 6 nitrogen and oxygen atoms in total. The van der Waals surface area contributed by atoms with Gasteiger partial charge in [-0.1, -0.05) is 31.2 Å². The minimum atomic E-state index is -0.315. The zero-order valence-electron chi connectivity index (χ0n) is 17.0. The SMILES string of the molecule is CCOc1cc(C=O)ccc1OCC(=O)Nc1ncc(Cc2ccc(CC)cc2)s1. The standard InChI is InChI=1S/C23H24N2O4S/c1-3-16-5-7-17(8-6-16)11-19-13-24-23(30-19)25-22(27)15-29-20-10-9-18(14-26)12-21(20)28-4-2/h5-10,12-14H,3-4,11,15H2,1-2H3,(H,24,25,27). The van der Waals surface area contributed by atoms with Gasteiger partial charge in [0, 0.05) is 23.1 Å². The van der Waals surface area contributed by atoms with Crippen LogP contribution in [0.4, 0.5) is 5.13 Å². The molecule has 3 rings (SSSR count). The molecule has 0 bridgehead atoms. The molecule has 0 unspecified atom stereocenters. The molecule has 0 saturated carbocycles. The number of benzene rings is 2. The second-order valence-corrected chi connectivity index (χ2v) is 7.69. The molecule has 0 saturated heterocycles. The van der Waals surface area contributed by atoms with E-state index in [1.165, 1.54) is 22.5 Å². The predicted molar refractivity (Wildman–Crippen MR) is 118 cm³/mol. The number of aldehydes is 1. The third-order valence-corrected chi connectivity index (χ3v) is 5.28. The summed E-state index contributed by atoms with van der Waals surface area (Å²) in [4.78, 5) is 28.5. The second kappa shape index (κ2) is 10.5. The van der Waals surface area contributed by atoms with Gasteiger partial charge in [0.1, 0.15) is 6.29 Å². The van der Waals surface area contributed by atoms with Gasteiger partial charge in [-0.05, 0) is 42.7 Å². The molecular weight excluding hydrogens is 400 g/mol. The zero-order valence-corrected chi connectivity index (χ0v) is 17.8. The number of aromatic nitrogens is 1. The molecule has 0 aliphatic carbocycles. The van der Waals surface area contributed by atoms with Crippen LogP contribution in [-0.2, 0) is 17.6 Å². The summed E-state index contributed by atoms with van der Waals surface area (Å²) < 4.78 is 11.0. The van der Waals surface area contributed by atoms with Crippen molar-refractivity contribution < 1.29 is 19.1 Å². The highest BCUT2D eigenvalue weighted by Crippen LogP contribution is 2.28. The number of anilines is 1. The Balaban J connectivity index is 1.55. The zero-order chi connectivity index (χ0) is 21.3. The fourth-order valence-electron chi connectivity index (χ4n) is 2.83. The van der Waals surface area contributed by atoms with Crippen LogP contribution in [0.2, 0.25) is 0 Å². The monoisotopic (exact) mass is 424 g/mol. The van der Waals surface area contributed by atoms with E-state index in [0.717, 1.165) is 24.0 Å². The minimum Gasteiger partial charge on any atom is -0.490 e. The first-order valence-electron chi connectivity index (χ1n) is 9.78. The van der Waals surface area contributed by atoms with Crippen LogP contribution in [0.25, 0.3) is 0 Å². The van der Waals surface area contributed by atoms with E-state index in [1.54, 1.807) is 24.4 Å². The van der Waals surface area contributed by atoms with E-state index in [4.69, 9.17) is 9.47 Å². The average molecular weight is 425 g/mol. The number of aryl methyl sites for hydroxylation is 1. The maximum Gasteiger partial charge on any atom is 0.264 e. The van der Waals surface area contributed by atoms with Gasteiger partial charge in [-0.2, -0.15) is 0 Å². The second-order valence-electron chi connectivity index (χ2n) is 6.57. The predicted octanol–water partition coefficient (Wildman–Crippen LogP) is 4.53. The highest BCUT2D eigenvalue weighted by molar-refractivity contribution is 7.15. The van der Waals surface area contributed by atoms with Crippen molar-refractivity contribution in [1.29, 1.82) is 0 Å². The van der Waals surface area contributed by atoms with Crippen LogP contribution in [0.1, 0.15) is 40.2 Å². The molecular formula is C23H24N2O4S. The average Bonchev–Trinajstić information content (AvgIpc) is 3.20. The first-order chi connectivity index (χ1) is 14.6. The van der Waals surface area contributed by atoms with Crippen molar-refractivity contribution >= 4 is 28.7 Å². The fraction of sp³-hybridized carbons (Fsp3) is 0.261. The summed E-state index contributed by atoms with van der Waals surface area (Å²) in [5.74, 6) is 0.526. The van der Waals surface area contributed by atoms with Gasteiger partial charge in [0.2, 0.25) is 0 Å². The number of ether oxygens (including phenoxy) is 2. The van der Waals surface area contributed by atoms with Gasteiger partial charge in [-0.3, -0.25) is 14.9 Å². The molecule has 0 aliphatic rings. The Morgan fingerprint density at radius 1 is 1.07 bits per heavy atom. The third kappa shape index (κ3) is 5.90. The number of rotatable bonds is 10. The highest BCUT2D eigenvalue weighted by Gasteiger charge is 2.11. The Labute approximate surface area is 179 Å². The maximum atomic E-state index is 12.2. The van der Waals surface area contributed by atoms with E-state index < -0.39 is 0 Å². The van der Waals surface area contributed by atoms with Gasteiger partial charge >= 0.3 is 0 Å². The summed E-state index contributed by atoms with van der Waals surface area (Å²) in [5, 5.41) is 3.29. The summed E-state index contributed by atoms with van der Waals surface area (Å²) in [6.45, 7) is 4.21. The first kappa shape index (κ1) is 21.5. The van der Waals surface area contributed by atoms with E-state index in [2.05, 4.69) is 41.5 Å². The molecule has 0 spiro atoms. The van der Waals surface area contributed by atoms with Crippen molar-refractivity contribution in [3.05, 3.63) is 70.2 Å². The van der Waals surface area contributed by atoms with Gasteiger partial charge in [0.05, 0.1) is 6.61 Å². The van der Waals surface area contributed by atoms with Crippen LogP contribution in [0.3, 0.4) is 0 Å². The number of amides is 1. The molecule has 1 N–H and O–H groups in total. The van der Waals surface area contributed by atoms with Crippen molar-refractivity contribution in [3.63, 3.8) is 0 Å². The molecule has 3 aromatic rings. The minimum absolute atomic E-state index is 0.187. The quantitative estimate of drug-likeness (QED) is 0.484. The van der Waals surface area contributed by atoms with Crippen LogP contribution in [0.15, 0.2) is 48.7 Å². The lowest BCUT2D eigenvalue weighted by atomic mass is 10.1. The number of nitrogens with one attached hydrogen (secondary N) is 1. The van der Waals surface area contributed by atoms with Crippen LogP contribution in [-0.4, -0.2) is 30.4 Å². The summed E-state index contributed by atoms with van der Waals surface area (Å²) >= 11 is 1.44. The Hall–Kier alpha value is -3.19. The van der Waals surface area contributed by atoms with Crippen molar-refractivity contribution in [2.24, 2.45) is 0 Å². The number of carbonyl (C=O) groups excluding carboxylic acids is 2. The molecule has 156 valence electrons. The molecule has 7 heteroatoms. The highest BCUT2D eigenvalue weighted by atomic mass is 32.1. The number of hydrogen-bond donors (Lipinski definition) is 1. The van der Waals surface area contributed by atoms with Crippen molar-refractivity contribution in [1.82, 2.24) is 4.98 Å². The van der Waals surface area contributed by atoms with Crippen molar-refractivity contribution in [3.8, 4) is 11.5 Å². The van der Waals surface area contributed by atoms with Gasteiger partial charge in [0.15, 0.2) is 23.2 Å². The van der Waals surface area contributed by atoms with Crippen LogP contribution in [0, 0.1) is 0 Å². The lowest BCUT2D eigenvalue weighted by molar-refractivity contribution is -0.118. The molecule has 30 heavy (non-hydrogen) atoms. The van der Waals surface area contributed by atoms with Gasteiger partial charge < -0.3 is 9.47 Å².